The van der Waals surface area contributed by atoms with Crippen molar-refractivity contribution in [3.63, 3.8) is 0 Å². The van der Waals surface area contributed by atoms with E-state index in [9.17, 15) is 4.79 Å². The Hall–Kier alpha value is -0.910. The molecule has 1 saturated carbocycles. The number of hydrogen-bond acceptors (Lipinski definition) is 4. The van der Waals surface area contributed by atoms with E-state index in [0.29, 0.717) is 0 Å². The Labute approximate surface area is 148 Å². The van der Waals surface area contributed by atoms with Crippen LogP contribution < -0.4 is 0 Å². The van der Waals surface area contributed by atoms with Crippen molar-refractivity contribution in [1.82, 2.24) is 4.90 Å². The first kappa shape index (κ1) is 16.6. The summed E-state index contributed by atoms with van der Waals surface area (Å²) in [6.45, 7) is 6.23. The molecule has 5 heteroatoms. The van der Waals surface area contributed by atoms with Crippen molar-refractivity contribution < 1.29 is 14.3 Å². The zero-order chi connectivity index (χ0) is 16.6. The van der Waals surface area contributed by atoms with Gasteiger partial charge in [0.1, 0.15) is 0 Å². The fourth-order valence-corrected chi connectivity index (χ4v) is 4.81. The van der Waals surface area contributed by atoms with E-state index >= 15 is 0 Å². The zero-order valence-corrected chi connectivity index (χ0v) is 15.3. The molecule has 0 aromatic carbocycles. The van der Waals surface area contributed by atoms with Crippen LogP contribution in [0.2, 0.25) is 0 Å². The lowest BCUT2D eigenvalue weighted by molar-refractivity contribution is 0.00939. The minimum absolute atomic E-state index is 0.209. The van der Waals surface area contributed by atoms with Crippen molar-refractivity contribution in [2.45, 2.75) is 45.1 Å². The van der Waals surface area contributed by atoms with Gasteiger partial charge in [0.25, 0.3) is 5.91 Å². The van der Waals surface area contributed by atoms with Crippen molar-refractivity contribution in [1.29, 1.82) is 0 Å². The molecule has 1 aromatic heterocycles. The molecule has 0 radical (unpaired) electrons. The molecule has 2 aliphatic heterocycles. The summed E-state index contributed by atoms with van der Waals surface area (Å²) in [6.07, 6.45) is 6.14. The molecule has 0 bridgehead atoms. The fourth-order valence-electron chi connectivity index (χ4n) is 3.92. The maximum atomic E-state index is 12.6. The van der Waals surface area contributed by atoms with Crippen LogP contribution in [0.5, 0.6) is 0 Å². The summed E-state index contributed by atoms with van der Waals surface area (Å²) in [5.74, 6) is 1.02. The third-order valence-electron chi connectivity index (χ3n) is 5.81. The van der Waals surface area contributed by atoms with Gasteiger partial charge in [-0.2, -0.15) is 0 Å². The highest BCUT2D eigenvalue weighted by atomic mass is 32.1. The van der Waals surface area contributed by atoms with Gasteiger partial charge in [-0.15, -0.1) is 11.3 Å². The van der Waals surface area contributed by atoms with Crippen LogP contribution >= 0.6 is 11.3 Å². The summed E-state index contributed by atoms with van der Waals surface area (Å²) in [4.78, 5) is 15.6. The lowest BCUT2D eigenvalue weighted by atomic mass is 9.76. The summed E-state index contributed by atoms with van der Waals surface area (Å²) in [6, 6.07) is 2.03. The number of rotatable bonds is 5. The summed E-state index contributed by atoms with van der Waals surface area (Å²) >= 11 is 1.56. The molecular formula is C19H27NO3S. The number of aryl methyl sites for hydroxylation is 1. The summed E-state index contributed by atoms with van der Waals surface area (Å²) in [5.41, 5.74) is 1.37. The summed E-state index contributed by atoms with van der Waals surface area (Å²) < 4.78 is 11.8. The van der Waals surface area contributed by atoms with Crippen LogP contribution in [-0.2, 0) is 9.47 Å². The number of nitrogens with zero attached hydrogens (tertiary/aromatic N) is 1. The average molecular weight is 349 g/mol. The molecule has 1 aromatic rings. The predicted octanol–water partition coefficient (Wildman–Crippen LogP) is 3.49. The maximum absolute atomic E-state index is 12.6. The third-order valence-corrected chi connectivity index (χ3v) is 6.81. The molecule has 3 fully saturated rings. The first-order valence-electron chi connectivity index (χ1n) is 9.18. The Bertz CT molecular complexity index is 587. The Morgan fingerprint density at radius 3 is 2.83 bits per heavy atom. The quantitative estimate of drug-likeness (QED) is 0.817. The van der Waals surface area contributed by atoms with Crippen LogP contribution in [0.3, 0.4) is 0 Å². The molecule has 1 aliphatic carbocycles. The van der Waals surface area contributed by atoms with E-state index in [4.69, 9.17) is 9.47 Å². The number of likely N-dealkylation sites (tertiary alicyclic amines) is 1. The number of carbonyl (C=O) groups is 1. The molecule has 132 valence electrons. The van der Waals surface area contributed by atoms with Crippen molar-refractivity contribution in [2.24, 2.45) is 11.3 Å². The minimum Gasteiger partial charge on any atom is -0.378 e. The normalized spacial score (nSPS) is 26.2. The molecule has 4 nitrogen and oxygen atoms in total. The van der Waals surface area contributed by atoms with Gasteiger partial charge in [-0.3, -0.25) is 4.79 Å². The minimum atomic E-state index is 0.209. The second kappa shape index (κ2) is 6.77. The van der Waals surface area contributed by atoms with Crippen molar-refractivity contribution >= 4 is 17.2 Å². The molecule has 0 N–H and O–H groups in total. The molecule has 1 unspecified atom stereocenters. The number of ether oxygens (including phenoxy) is 2. The van der Waals surface area contributed by atoms with Crippen LogP contribution in [0, 0.1) is 18.3 Å². The maximum Gasteiger partial charge on any atom is 0.264 e. The predicted molar refractivity (Wildman–Crippen MR) is 94.5 cm³/mol. The Kier molecular flexibility index (Phi) is 4.67. The summed E-state index contributed by atoms with van der Waals surface area (Å²) in [5, 5.41) is 2.01. The van der Waals surface area contributed by atoms with E-state index in [0.717, 1.165) is 68.5 Å². The monoisotopic (exact) mass is 349 g/mol. The van der Waals surface area contributed by atoms with Crippen LogP contribution in [0.4, 0.5) is 0 Å². The van der Waals surface area contributed by atoms with Crippen molar-refractivity contribution in [3.05, 3.63) is 21.9 Å². The second-order valence-corrected chi connectivity index (χ2v) is 8.76. The van der Waals surface area contributed by atoms with Gasteiger partial charge in [-0.1, -0.05) is 0 Å². The fraction of sp³-hybridized carbons (Fsp3) is 0.737. The van der Waals surface area contributed by atoms with Gasteiger partial charge in [-0.05, 0) is 67.4 Å². The van der Waals surface area contributed by atoms with E-state index in [-0.39, 0.29) is 17.4 Å². The van der Waals surface area contributed by atoms with E-state index in [2.05, 4.69) is 0 Å². The number of carbonyl (C=O) groups excluding carboxylic acids is 1. The van der Waals surface area contributed by atoms with Crippen LogP contribution in [0.1, 0.15) is 47.3 Å². The highest BCUT2D eigenvalue weighted by Crippen LogP contribution is 2.42. The van der Waals surface area contributed by atoms with E-state index in [1.165, 1.54) is 12.8 Å². The Morgan fingerprint density at radius 2 is 2.17 bits per heavy atom. The van der Waals surface area contributed by atoms with Crippen LogP contribution in [0.15, 0.2) is 11.4 Å². The molecule has 3 heterocycles. The number of amides is 1. The highest BCUT2D eigenvalue weighted by molar-refractivity contribution is 7.12. The largest absolute Gasteiger partial charge is 0.378 e. The zero-order valence-electron chi connectivity index (χ0n) is 14.5. The van der Waals surface area contributed by atoms with Gasteiger partial charge >= 0.3 is 0 Å². The number of thiophene rings is 1. The number of hydrogen-bond donors (Lipinski definition) is 0. The molecule has 4 rings (SSSR count). The van der Waals surface area contributed by atoms with Gasteiger partial charge in [0.15, 0.2) is 0 Å². The molecule has 24 heavy (non-hydrogen) atoms. The smallest absolute Gasteiger partial charge is 0.264 e. The Morgan fingerprint density at radius 1 is 1.38 bits per heavy atom. The van der Waals surface area contributed by atoms with Crippen molar-refractivity contribution in [3.8, 4) is 0 Å². The first-order valence-corrected chi connectivity index (χ1v) is 10.1. The SMILES string of the molecule is Cc1ccsc1C(=O)N1CCC2(CC1)COC(COCC1CC1)C2. The van der Waals surface area contributed by atoms with Crippen molar-refractivity contribution in [2.75, 3.05) is 32.9 Å². The molecule has 2 saturated heterocycles. The van der Waals surface area contributed by atoms with Gasteiger partial charge in [0, 0.05) is 19.7 Å². The lowest BCUT2D eigenvalue weighted by Gasteiger charge is -2.38. The lowest BCUT2D eigenvalue weighted by Crippen LogP contribution is -2.43. The van der Waals surface area contributed by atoms with Gasteiger partial charge in [0.05, 0.1) is 24.2 Å². The molecular weight excluding hydrogens is 322 g/mol. The number of piperidine rings is 1. The molecule has 1 spiro atoms. The van der Waals surface area contributed by atoms with Gasteiger partial charge in [-0.25, -0.2) is 0 Å². The summed E-state index contributed by atoms with van der Waals surface area (Å²) in [7, 11) is 0. The van der Waals surface area contributed by atoms with E-state index in [1.54, 1.807) is 11.3 Å². The highest BCUT2D eigenvalue weighted by Gasteiger charge is 2.43. The Balaban J connectivity index is 1.26. The standard InChI is InChI=1S/C19H27NO3S/c1-14-4-9-24-17(14)18(21)20-7-5-19(6-8-20)10-16(23-13-19)12-22-11-15-2-3-15/h4,9,15-16H,2-3,5-8,10-13H2,1H3. The molecule has 1 atom stereocenters. The third kappa shape index (κ3) is 3.53. The molecule has 1 amide bonds. The van der Waals surface area contributed by atoms with Gasteiger partial charge in [0.2, 0.25) is 0 Å². The van der Waals surface area contributed by atoms with Gasteiger partial charge < -0.3 is 14.4 Å². The topological polar surface area (TPSA) is 38.8 Å². The first-order chi connectivity index (χ1) is 11.7. The second-order valence-electron chi connectivity index (χ2n) is 7.84. The average Bonchev–Trinajstić information content (AvgIpc) is 3.18. The van der Waals surface area contributed by atoms with Crippen LogP contribution in [0.25, 0.3) is 0 Å². The van der Waals surface area contributed by atoms with Crippen LogP contribution in [-0.4, -0.2) is 49.8 Å². The van der Waals surface area contributed by atoms with E-state index in [1.807, 2.05) is 23.3 Å². The molecule has 3 aliphatic rings. The van der Waals surface area contributed by atoms with E-state index < -0.39 is 0 Å².